The summed E-state index contributed by atoms with van der Waals surface area (Å²) in [4.78, 5) is 0. The second kappa shape index (κ2) is 3.14. The van der Waals surface area contributed by atoms with Gasteiger partial charge >= 0.3 is 0 Å². The van der Waals surface area contributed by atoms with Gasteiger partial charge < -0.3 is 5.32 Å². The lowest BCUT2D eigenvalue weighted by atomic mass is 10.1. The van der Waals surface area contributed by atoms with Crippen LogP contribution in [0.1, 0.15) is 32.6 Å². The molecular formula is C10H19N. The van der Waals surface area contributed by atoms with E-state index in [0.29, 0.717) is 0 Å². The molecule has 1 nitrogen and oxygen atoms in total. The summed E-state index contributed by atoms with van der Waals surface area (Å²) in [6, 6.07) is 0. The molecule has 2 saturated carbocycles. The van der Waals surface area contributed by atoms with Crippen LogP contribution in [0.25, 0.3) is 0 Å². The van der Waals surface area contributed by atoms with Crippen LogP contribution < -0.4 is 5.32 Å². The highest BCUT2D eigenvalue weighted by atomic mass is 14.9. The molecule has 0 spiro atoms. The molecule has 2 aliphatic carbocycles. The van der Waals surface area contributed by atoms with Crippen molar-refractivity contribution in [3.05, 3.63) is 0 Å². The molecule has 0 heterocycles. The number of fused-ring (bicyclic) bond motifs is 1. The first-order chi connectivity index (χ1) is 5.43. The second-order valence-electron chi connectivity index (χ2n) is 4.13. The average molecular weight is 153 g/mol. The minimum Gasteiger partial charge on any atom is -0.316 e. The third kappa shape index (κ3) is 1.44. The molecule has 2 atom stereocenters. The van der Waals surface area contributed by atoms with Crippen LogP contribution in [-0.2, 0) is 0 Å². The fourth-order valence-electron chi connectivity index (χ4n) is 2.72. The zero-order valence-corrected chi connectivity index (χ0v) is 7.47. The molecule has 2 aliphatic rings. The summed E-state index contributed by atoms with van der Waals surface area (Å²) in [7, 11) is 0. The van der Waals surface area contributed by atoms with Crippen LogP contribution in [0.3, 0.4) is 0 Å². The van der Waals surface area contributed by atoms with Crippen molar-refractivity contribution in [2.24, 2.45) is 17.8 Å². The number of rotatable bonds is 4. The Morgan fingerprint density at radius 1 is 1.27 bits per heavy atom. The van der Waals surface area contributed by atoms with Crippen LogP contribution in [-0.4, -0.2) is 13.1 Å². The summed E-state index contributed by atoms with van der Waals surface area (Å²) in [5.41, 5.74) is 0. The number of nitrogens with one attached hydrogen (secondary N) is 1. The Hall–Kier alpha value is -0.0400. The van der Waals surface area contributed by atoms with Gasteiger partial charge in [0.25, 0.3) is 0 Å². The largest absolute Gasteiger partial charge is 0.316 e. The molecular weight excluding hydrogens is 134 g/mol. The van der Waals surface area contributed by atoms with Gasteiger partial charge in [-0.1, -0.05) is 13.3 Å². The van der Waals surface area contributed by atoms with Gasteiger partial charge in [-0.15, -0.1) is 0 Å². The van der Waals surface area contributed by atoms with E-state index in [1.165, 1.54) is 38.8 Å². The molecule has 2 unspecified atom stereocenters. The molecule has 1 heteroatoms. The Labute approximate surface area is 69.6 Å². The second-order valence-corrected chi connectivity index (χ2v) is 4.13. The fraction of sp³-hybridized carbons (Fsp3) is 1.00. The van der Waals surface area contributed by atoms with Gasteiger partial charge in [-0.3, -0.25) is 0 Å². The minimum absolute atomic E-state index is 1.08. The van der Waals surface area contributed by atoms with E-state index >= 15 is 0 Å². The van der Waals surface area contributed by atoms with Crippen LogP contribution >= 0.6 is 0 Å². The normalized spacial score (nSPS) is 40.6. The Balaban J connectivity index is 1.60. The summed E-state index contributed by atoms with van der Waals surface area (Å²) in [6.45, 7) is 4.76. The molecule has 1 N–H and O–H groups in total. The van der Waals surface area contributed by atoms with Crippen molar-refractivity contribution in [3.63, 3.8) is 0 Å². The lowest BCUT2D eigenvalue weighted by Crippen LogP contribution is -2.19. The van der Waals surface area contributed by atoms with Gasteiger partial charge in [0.05, 0.1) is 0 Å². The fourth-order valence-corrected chi connectivity index (χ4v) is 2.72. The van der Waals surface area contributed by atoms with E-state index in [9.17, 15) is 0 Å². The average Bonchev–Trinajstić information content (AvgIpc) is 2.46. The predicted molar refractivity (Wildman–Crippen MR) is 47.5 cm³/mol. The molecule has 0 aliphatic heterocycles. The molecule has 2 rings (SSSR count). The minimum atomic E-state index is 1.08. The third-order valence-corrected chi connectivity index (χ3v) is 3.39. The maximum absolute atomic E-state index is 3.53. The van der Waals surface area contributed by atoms with E-state index in [1.807, 2.05) is 0 Å². The maximum Gasteiger partial charge on any atom is -0.00150 e. The van der Waals surface area contributed by atoms with Crippen molar-refractivity contribution in [2.45, 2.75) is 32.6 Å². The monoisotopic (exact) mass is 153 g/mol. The van der Waals surface area contributed by atoms with E-state index in [0.717, 1.165) is 17.8 Å². The molecule has 0 bridgehead atoms. The summed E-state index contributed by atoms with van der Waals surface area (Å²) in [6.07, 6.45) is 5.86. The van der Waals surface area contributed by atoms with Crippen molar-refractivity contribution < 1.29 is 0 Å². The van der Waals surface area contributed by atoms with Gasteiger partial charge in [0.1, 0.15) is 0 Å². The van der Waals surface area contributed by atoms with Gasteiger partial charge in [0, 0.05) is 0 Å². The van der Waals surface area contributed by atoms with Crippen LogP contribution in [0.4, 0.5) is 0 Å². The first-order valence-corrected chi connectivity index (χ1v) is 5.14. The van der Waals surface area contributed by atoms with Crippen molar-refractivity contribution in [1.29, 1.82) is 0 Å². The van der Waals surface area contributed by atoms with E-state index in [4.69, 9.17) is 0 Å². The van der Waals surface area contributed by atoms with Crippen molar-refractivity contribution in [3.8, 4) is 0 Å². The van der Waals surface area contributed by atoms with Gasteiger partial charge in [-0.2, -0.15) is 0 Å². The third-order valence-electron chi connectivity index (χ3n) is 3.39. The zero-order chi connectivity index (χ0) is 7.68. The van der Waals surface area contributed by atoms with Crippen molar-refractivity contribution >= 4 is 0 Å². The highest BCUT2D eigenvalue weighted by Gasteiger charge is 2.51. The molecule has 64 valence electrons. The Morgan fingerprint density at radius 3 is 2.64 bits per heavy atom. The molecule has 2 fully saturated rings. The van der Waals surface area contributed by atoms with Gasteiger partial charge in [0.15, 0.2) is 0 Å². The first-order valence-electron chi connectivity index (χ1n) is 5.14. The maximum atomic E-state index is 3.53. The molecule has 0 radical (unpaired) electrons. The molecule has 0 aromatic rings. The van der Waals surface area contributed by atoms with E-state index in [2.05, 4.69) is 12.2 Å². The van der Waals surface area contributed by atoms with Gasteiger partial charge in [-0.05, 0) is 50.1 Å². The number of hydrogen-bond donors (Lipinski definition) is 1. The topological polar surface area (TPSA) is 12.0 Å². The molecule has 11 heavy (non-hydrogen) atoms. The Morgan fingerprint density at radius 2 is 2.00 bits per heavy atom. The summed E-state index contributed by atoms with van der Waals surface area (Å²) in [5.74, 6) is 3.36. The van der Waals surface area contributed by atoms with Crippen LogP contribution in [0, 0.1) is 17.8 Å². The zero-order valence-electron chi connectivity index (χ0n) is 7.47. The van der Waals surface area contributed by atoms with Crippen molar-refractivity contribution in [1.82, 2.24) is 5.32 Å². The summed E-state index contributed by atoms with van der Waals surface area (Å²) >= 11 is 0. The Kier molecular flexibility index (Phi) is 2.17. The van der Waals surface area contributed by atoms with Crippen molar-refractivity contribution in [2.75, 3.05) is 13.1 Å². The van der Waals surface area contributed by atoms with Gasteiger partial charge in [0.2, 0.25) is 0 Å². The molecule has 0 saturated heterocycles. The van der Waals surface area contributed by atoms with E-state index in [-0.39, 0.29) is 0 Å². The predicted octanol–water partition coefficient (Wildman–Crippen LogP) is 2.03. The highest BCUT2D eigenvalue weighted by molar-refractivity contribution is 5.01. The quantitative estimate of drug-likeness (QED) is 0.609. The smallest absolute Gasteiger partial charge is 0.00150 e. The first kappa shape index (κ1) is 7.60. The summed E-state index contributed by atoms with van der Waals surface area (Å²) in [5, 5.41) is 3.53. The van der Waals surface area contributed by atoms with Gasteiger partial charge in [-0.25, -0.2) is 0 Å². The highest BCUT2D eigenvalue weighted by Crippen LogP contribution is 2.56. The molecule has 0 aromatic heterocycles. The molecule has 0 aromatic carbocycles. The Bertz CT molecular complexity index is 123. The standard InChI is InChI=1S/C10H19N/c1-2-6-11-7-10-8-4-3-5-9(8)10/h8-11H,2-7H2,1H3. The lowest BCUT2D eigenvalue weighted by Gasteiger charge is -2.03. The van der Waals surface area contributed by atoms with E-state index < -0.39 is 0 Å². The van der Waals surface area contributed by atoms with Crippen LogP contribution in [0.5, 0.6) is 0 Å². The SMILES string of the molecule is CCCNCC1C2CCCC21. The number of hydrogen-bond acceptors (Lipinski definition) is 1. The van der Waals surface area contributed by atoms with Crippen LogP contribution in [0.2, 0.25) is 0 Å². The lowest BCUT2D eigenvalue weighted by molar-refractivity contribution is 0.532. The van der Waals surface area contributed by atoms with E-state index in [1.54, 1.807) is 0 Å². The van der Waals surface area contributed by atoms with Crippen LogP contribution in [0.15, 0.2) is 0 Å². The molecule has 0 amide bonds. The summed E-state index contributed by atoms with van der Waals surface area (Å²) < 4.78 is 0.